The van der Waals surface area contributed by atoms with Crippen LogP contribution in [0.25, 0.3) is 89.0 Å². The molecule has 0 heterocycles. The van der Waals surface area contributed by atoms with Crippen LogP contribution in [0.5, 0.6) is 0 Å². The highest BCUT2D eigenvalue weighted by atomic mass is 79.9. The molecule has 10 aromatic carbocycles. The second-order valence-corrected chi connectivity index (χ2v) is 26.2. The first-order chi connectivity index (χ1) is 33.8. The van der Waals surface area contributed by atoms with Crippen molar-refractivity contribution in [2.24, 2.45) is 0 Å². The summed E-state index contributed by atoms with van der Waals surface area (Å²) < 4.78 is 8.24. The minimum absolute atomic E-state index is 1.02. The summed E-state index contributed by atoms with van der Waals surface area (Å²) in [7, 11) is 3.55. The summed E-state index contributed by atoms with van der Waals surface area (Å²) in [5, 5.41) is 0. The Labute approximate surface area is 484 Å². The molecule has 0 unspecified atom stereocenters. The van der Waals surface area contributed by atoms with Crippen LogP contribution in [0.2, 0.25) is 0 Å². The van der Waals surface area contributed by atoms with Crippen LogP contribution >= 0.6 is 149 Å². The maximum absolute atomic E-state index is 3.88. The van der Waals surface area contributed by atoms with Crippen molar-refractivity contribution in [1.82, 2.24) is 0 Å². The second-order valence-electron chi connectivity index (χ2n) is 16.6. The van der Waals surface area contributed by atoms with Crippen molar-refractivity contribution in [3.63, 3.8) is 0 Å². The Bertz CT molecular complexity index is 3160. The zero-order valence-corrected chi connectivity index (χ0v) is 50.8. The van der Waals surface area contributed by atoms with Gasteiger partial charge in [-0.2, -0.15) is 0 Å². The lowest BCUT2D eigenvalue weighted by Crippen LogP contribution is -1.88. The zero-order valence-electron chi connectivity index (χ0n) is 36.5. The molecular formula is C60H34Br8S2. The molecule has 10 aromatic rings. The Kier molecular flexibility index (Phi) is 16.1. The Morgan fingerprint density at radius 1 is 0.171 bits per heavy atom. The van der Waals surface area contributed by atoms with Crippen LogP contribution in [0.15, 0.2) is 252 Å². The maximum atomic E-state index is 3.88. The van der Waals surface area contributed by atoms with Crippen LogP contribution in [0, 0.1) is 0 Å². The van der Waals surface area contributed by atoms with Gasteiger partial charge < -0.3 is 0 Å². The minimum Gasteiger partial charge on any atom is -0.0605 e. The molecule has 0 atom stereocenters. The molecule has 0 aromatic heterocycles. The van der Waals surface area contributed by atoms with Gasteiger partial charge in [-0.05, 0) is 247 Å². The Morgan fingerprint density at radius 2 is 0.343 bits per heavy atom. The summed E-state index contributed by atoms with van der Waals surface area (Å²) >= 11 is 30.3. The van der Waals surface area contributed by atoms with Gasteiger partial charge in [0, 0.05) is 45.6 Å². The fourth-order valence-electron chi connectivity index (χ4n) is 8.42. The first-order valence-corrected chi connectivity index (χ1v) is 30.3. The number of rotatable bonds is 11. The van der Waals surface area contributed by atoms with Gasteiger partial charge in [-0.1, -0.05) is 198 Å². The van der Waals surface area contributed by atoms with Crippen molar-refractivity contribution in [3.8, 4) is 89.0 Å². The van der Waals surface area contributed by atoms with E-state index in [4.69, 9.17) is 0 Å². The quantitative estimate of drug-likeness (QED) is 0.118. The number of hydrogen-bond donors (Lipinski definition) is 0. The summed E-state index contributed by atoms with van der Waals surface area (Å²) in [5.41, 5.74) is 18.1. The molecule has 0 aliphatic rings. The van der Waals surface area contributed by atoms with Gasteiger partial charge in [0.05, 0.1) is 0 Å². The van der Waals surface area contributed by atoms with E-state index in [0.29, 0.717) is 0 Å². The molecule has 0 N–H and O–H groups in total. The molecule has 0 fully saturated rings. The van der Waals surface area contributed by atoms with Gasteiger partial charge in [-0.15, -0.1) is 0 Å². The van der Waals surface area contributed by atoms with Crippen molar-refractivity contribution in [3.05, 3.63) is 242 Å². The van der Waals surface area contributed by atoms with Gasteiger partial charge in [0.1, 0.15) is 0 Å². The molecule has 10 rings (SSSR count). The van der Waals surface area contributed by atoms with Crippen molar-refractivity contribution in [1.29, 1.82) is 0 Å². The van der Waals surface area contributed by atoms with Gasteiger partial charge in [0.2, 0.25) is 0 Å². The first kappa shape index (κ1) is 50.3. The molecule has 0 bridgehead atoms. The molecular weight excluding hydrogens is 1420 g/mol. The lowest BCUT2D eigenvalue weighted by Gasteiger charge is -2.15. The summed E-state index contributed by atoms with van der Waals surface area (Å²) in [6.45, 7) is 0. The van der Waals surface area contributed by atoms with Gasteiger partial charge in [-0.25, -0.2) is 0 Å². The number of hydrogen-bond acceptors (Lipinski definition) is 2. The van der Waals surface area contributed by atoms with E-state index in [9.17, 15) is 0 Å². The zero-order chi connectivity index (χ0) is 48.5. The number of benzene rings is 10. The van der Waals surface area contributed by atoms with Gasteiger partial charge in [-0.3, -0.25) is 0 Å². The predicted molar refractivity (Wildman–Crippen MR) is 330 cm³/mol. The highest BCUT2D eigenvalue weighted by molar-refractivity contribution is 9.11. The Hall–Kier alpha value is -3.26. The summed E-state index contributed by atoms with van der Waals surface area (Å²) in [5.74, 6) is 0. The van der Waals surface area contributed by atoms with Crippen LogP contribution in [0.1, 0.15) is 0 Å². The topological polar surface area (TPSA) is 0 Å². The summed E-state index contributed by atoms with van der Waals surface area (Å²) in [4.78, 5) is 2.27. The summed E-state index contributed by atoms with van der Waals surface area (Å²) in [6.07, 6.45) is 0. The van der Waals surface area contributed by atoms with Crippen LogP contribution in [0.3, 0.4) is 0 Å². The fraction of sp³-hybridized carbons (Fsp3) is 0. The monoisotopic (exact) mass is 1450 g/mol. The predicted octanol–water partition coefficient (Wildman–Crippen LogP) is 23.9. The van der Waals surface area contributed by atoms with E-state index in [1.807, 2.05) is 0 Å². The van der Waals surface area contributed by atoms with Crippen molar-refractivity contribution < 1.29 is 0 Å². The van der Waals surface area contributed by atoms with Crippen molar-refractivity contribution >= 4 is 149 Å². The van der Waals surface area contributed by atoms with Crippen molar-refractivity contribution in [2.45, 2.75) is 9.79 Å². The third kappa shape index (κ3) is 12.4. The van der Waals surface area contributed by atoms with E-state index in [1.54, 1.807) is 21.6 Å². The van der Waals surface area contributed by atoms with E-state index in [1.165, 1.54) is 0 Å². The molecule has 342 valence electrons. The highest BCUT2D eigenvalue weighted by Gasteiger charge is 2.16. The normalized spacial score (nSPS) is 11.3. The third-order valence-electron chi connectivity index (χ3n) is 11.6. The van der Waals surface area contributed by atoms with Gasteiger partial charge in [0.15, 0.2) is 0 Å². The lowest BCUT2D eigenvalue weighted by molar-refractivity contribution is 1.44. The smallest absolute Gasteiger partial charge is 0.0198 e. The standard InChI is InChI=1S/C60H34Br8S2/c61-51-9-1-5-35(19-51)39-13-43(27-55(65)23-39)47-17-48(44-14-40(24-56(66)28-44)36-6-2-10-52(62)20-36)32-59(31-47)69-70-60-33-49(45-15-41(25-57(67)29-45)37-7-3-11-53(63)21-37)18-50(34-60)46-16-42(26-58(68)30-46)38-8-4-12-54(64)22-38/h1-34H. The van der Waals surface area contributed by atoms with E-state index >= 15 is 0 Å². The average molecular weight is 1460 g/mol. The van der Waals surface area contributed by atoms with Crippen LogP contribution in [-0.2, 0) is 0 Å². The van der Waals surface area contributed by atoms with Crippen LogP contribution in [0.4, 0.5) is 0 Å². The minimum atomic E-state index is 1.02. The third-order valence-corrected chi connectivity index (χ3v) is 17.8. The molecule has 0 amide bonds. The average Bonchev–Trinajstić information content (AvgIpc) is 3.35. The van der Waals surface area contributed by atoms with Crippen LogP contribution < -0.4 is 0 Å². The van der Waals surface area contributed by atoms with E-state index in [0.717, 1.165) is 135 Å². The SMILES string of the molecule is Brc1cccc(-c2cc(Br)cc(-c3cc(SSc4cc(-c5cc(Br)cc(-c6cccc(Br)c6)c5)cc(-c5cc(Br)cc(-c6cccc(Br)c6)c5)c4)cc(-c4cc(Br)cc(-c5cccc(Br)c5)c4)c3)c2)c1. The van der Waals surface area contributed by atoms with E-state index in [2.05, 4.69) is 334 Å². The molecule has 0 aliphatic carbocycles. The van der Waals surface area contributed by atoms with Gasteiger partial charge >= 0.3 is 0 Å². The largest absolute Gasteiger partial charge is 0.0605 e. The molecule has 0 saturated heterocycles. The molecule has 70 heavy (non-hydrogen) atoms. The molecule has 0 spiro atoms. The summed E-state index contributed by atoms with van der Waals surface area (Å²) in [6, 6.07) is 74.5. The fourth-order valence-corrected chi connectivity index (χ4v) is 14.0. The maximum Gasteiger partial charge on any atom is 0.0198 e. The molecule has 0 saturated carbocycles. The van der Waals surface area contributed by atoms with Gasteiger partial charge in [0.25, 0.3) is 0 Å². The van der Waals surface area contributed by atoms with Crippen LogP contribution in [-0.4, -0.2) is 0 Å². The van der Waals surface area contributed by atoms with Crippen molar-refractivity contribution in [2.75, 3.05) is 0 Å². The molecule has 0 radical (unpaired) electrons. The Morgan fingerprint density at radius 3 is 0.543 bits per heavy atom. The lowest BCUT2D eigenvalue weighted by atomic mass is 9.95. The molecule has 10 heteroatoms. The number of halogens is 8. The molecule has 0 aliphatic heterocycles. The second kappa shape index (κ2) is 22.5. The van der Waals surface area contributed by atoms with E-state index < -0.39 is 0 Å². The Balaban J connectivity index is 1.10. The molecule has 0 nitrogen and oxygen atoms in total. The first-order valence-electron chi connectivity index (χ1n) is 21.8. The van der Waals surface area contributed by atoms with E-state index in [-0.39, 0.29) is 0 Å². The highest BCUT2D eigenvalue weighted by Crippen LogP contribution is 2.46.